The molecule has 4 heteroatoms. The number of hydrogen-bond donors (Lipinski definition) is 1. The van der Waals surface area contributed by atoms with E-state index in [1.165, 1.54) is 12.1 Å². The Bertz CT molecular complexity index is 424. The molecule has 0 saturated heterocycles. The van der Waals surface area contributed by atoms with Gasteiger partial charge < -0.3 is 5.11 Å². The van der Waals surface area contributed by atoms with Gasteiger partial charge in [0, 0.05) is 10.0 Å². The molecule has 1 aliphatic rings. The first kappa shape index (κ1) is 13.3. The van der Waals surface area contributed by atoms with Crippen LogP contribution >= 0.6 is 27.5 Å². The van der Waals surface area contributed by atoms with Crippen LogP contribution in [-0.4, -0.2) is 5.11 Å². The standard InChI is InChI=1S/C13H15BrClFO/c1-7-3-2-4-8(7)13(17)9-5-11(15)10(14)6-12(9)16/h5-8,13,17H,2-4H2,1H3. The van der Waals surface area contributed by atoms with Gasteiger partial charge in [0.2, 0.25) is 0 Å². The maximum atomic E-state index is 13.8. The van der Waals surface area contributed by atoms with Crippen molar-refractivity contribution in [2.24, 2.45) is 11.8 Å². The number of aliphatic hydroxyl groups is 1. The van der Waals surface area contributed by atoms with Crippen molar-refractivity contribution in [3.63, 3.8) is 0 Å². The molecule has 0 amide bonds. The first-order valence-electron chi connectivity index (χ1n) is 5.83. The van der Waals surface area contributed by atoms with E-state index >= 15 is 0 Å². The molecule has 1 aromatic carbocycles. The van der Waals surface area contributed by atoms with E-state index in [-0.39, 0.29) is 5.92 Å². The largest absolute Gasteiger partial charge is 0.388 e. The Morgan fingerprint density at radius 3 is 2.76 bits per heavy atom. The molecule has 0 spiro atoms. The molecule has 1 N–H and O–H groups in total. The van der Waals surface area contributed by atoms with Gasteiger partial charge in [-0.1, -0.05) is 31.4 Å². The summed E-state index contributed by atoms with van der Waals surface area (Å²) >= 11 is 9.12. The van der Waals surface area contributed by atoms with Gasteiger partial charge in [0.15, 0.2) is 0 Å². The SMILES string of the molecule is CC1CCCC1C(O)c1cc(Cl)c(Br)cc1F. The minimum atomic E-state index is -0.752. The highest BCUT2D eigenvalue weighted by Gasteiger charge is 2.32. The average Bonchev–Trinajstić information content (AvgIpc) is 2.69. The molecule has 3 unspecified atom stereocenters. The molecule has 17 heavy (non-hydrogen) atoms. The molecule has 0 aliphatic heterocycles. The summed E-state index contributed by atoms with van der Waals surface area (Å²) in [4.78, 5) is 0. The summed E-state index contributed by atoms with van der Waals surface area (Å²) in [5, 5.41) is 10.7. The van der Waals surface area contributed by atoms with E-state index in [2.05, 4.69) is 22.9 Å². The number of hydrogen-bond acceptors (Lipinski definition) is 1. The molecule has 3 atom stereocenters. The topological polar surface area (TPSA) is 20.2 Å². The molecule has 0 aromatic heterocycles. The lowest BCUT2D eigenvalue weighted by Gasteiger charge is -2.23. The van der Waals surface area contributed by atoms with Crippen LogP contribution in [0.15, 0.2) is 16.6 Å². The van der Waals surface area contributed by atoms with Crippen LogP contribution in [0.3, 0.4) is 0 Å². The van der Waals surface area contributed by atoms with Crippen LogP contribution in [0.5, 0.6) is 0 Å². The maximum absolute atomic E-state index is 13.8. The Morgan fingerprint density at radius 1 is 1.47 bits per heavy atom. The molecule has 0 heterocycles. The van der Waals surface area contributed by atoms with Crippen molar-refractivity contribution < 1.29 is 9.50 Å². The molecular weight excluding hydrogens is 306 g/mol. The van der Waals surface area contributed by atoms with Crippen molar-refractivity contribution in [2.45, 2.75) is 32.3 Å². The molecule has 1 aromatic rings. The molecule has 94 valence electrons. The van der Waals surface area contributed by atoms with Gasteiger partial charge >= 0.3 is 0 Å². The van der Waals surface area contributed by atoms with E-state index in [1.807, 2.05) is 0 Å². The molecule has 1 saturated carbocycles. The van der Waals surface area contributed by atoms with Crippen LogP contribution in [0.4, 0.5) is 4.39 Å². The van der Waals surface area contributed by atoms with Crippen molar-refractivity contribution >= 4 is 27.5 Å². The second-order valence-corrected chi connectivity index (χ2v) is 6.07. The second-order valence-electron chi connectivity index (χ2n) is 4.80. The Balaban J connectivity index is 2.30. The summed E-state index contributed by atoms with van der Waals surface area (Å²) in [6.45, 7) is 2.11. The van der Waals surface area contributed by atoms with Crippen LogP contribution in [0, 0.1) is 17.7 Å². The van der Waals surface area contributed by atoms with Gasteiger partial charge in [-0.25, -0.2) is 4.39 Å². The number of benzene rings is 1. The van der Waals surface area contributed by atoms with Gasteiger partial charge in [-0.3, -0.25) is 0 Å². The lowest BCUT2D eigenvalue weighted by Crippen LogP contribution is -2.16. The molecule has 0 bridgehead atoms. The van der Waals surface area contributed by atoms with Gasteiger partial charge in [0.05, 0.1) is 11.1 Å². The molecular formula is C13H15BrClFO. The van der Waals surface area contributed by atoms with Crippen molar-refractivity contribution in [1.82, 2.24) is 0 Å². The zero-order valence-electron chi connectivity index (χ0n) is 9.59. The summed E-state index contributed by atoms with van der Waals surface area (Å²) in [5.74, 6) is 0.182. The quantitative estimate of drug-likeness (QED) is 0.782. The zero-order chi connectivity index (χ0) is 12.6. The third kappa shape index (κ3) is 2.67. The fraction of sp³-hybridized carbons (Fsp3) is 0.538. The molecule has 1 nitrogen and oxygen atoms in total. The fourth-order valence-corrected chi connectivity index (χ4v) is 3.13. The number of aliphatic hydroxyl groups excluding tert-OH is 1. The zero-order valence-corrected chi connectivity index (χ0v) is 11.9. The summed E-state index contributed by atoms with van der Waals surface area (Å²) in [5.41, 5.74) is 0.317. The predicted octanol–water partition coefficient (Wildman–Crippen LogP) is 4.71. The lowest BCUT2D eigenvalue weighted by molar-refractivity contribution is 0.0866. The van der Waals surface area contributed by atoms with Crippen molar-refractivity contribution in [1.29, 1.82) is 0 Å². The highest BCUT2D eigenvalue weighted by Crippen LogP contribution is 2.41. The van der Waals surface area contributed by atoms with Crippen LogP contribution in [0.1, 0.15) is 37.9 Å². The number of rotatable bonds is 2. The molecule has 1 fully saturated rings. The summed E-state index contributed by atoms with van der Waals surface area (Å²) in [6, 6.07) is 2.84. The van der Waals surface area contributed by atoms with Gasteiger partial charge in [-0.05, 0) is 46.3 Å². The van der Waals surface area contributed by atoms with E-state index in [1.54, 1.807) is 0 Å². The minimum absolute atomic E-state index is 0.141. The maximum Gasteiger partial charge on any atom is 0.130 e. The van der Waals surface area contributed by atoms with Crippen molar-refractivity contribution in [2.75, 3.05) is 0 Å². The Morgan fingerprint density at radius 2 is 2.18 bits per heavy atom. The summed E-state index contributed by atoms with van der Waals surface area (Å²) in [6.07, 6.45) is 2.41. The highest BCUT2D eigenvalue weighted by atomic mass is 79.9. The van der Waals surface area contributed by atoms with Gasteiger partial charge in [0.25, 0.3) is 0 Å². The van der Waals surface area contributed by atoms with Gasteiger partial charge in [-0.2, -0.15) is 0 Å². The molecule has 0 radical (unpaired) electrons. The second kappa shape index (κ2) is 5.25. The highest BCUT2D eigenvalue weighted by molar-refractivity contribution is 9.10. The minimum Gasteiger partial charge on any atom is -0.388 e. The van der Waals surface area contributed by atoms with Crippen LogP contribution < -0.4 is 0 Å². The van der Waals surface area contributed by atoms with Crippen LogP contribution in [0.25, 0.3) is 0 Å². The lowest BCUT2D eigenvalue weighted by atomic mass is 9.88. The third-order valence-electron chi connectivity index (χ3n) is 3.69. The van der Waals surface area contributed by atoms with E-state index in [0.29, 0.717) is 21.0 Å². The van der Waals surface area contributed by atoms with E-state index in [9.17, 15) is 9.50 Å². The van der Waals surface area contributed by atoms with Crippen molar-refractivity contribution in [3.8, 4) is 0 Å². The van der Waals surface area contributed by atoms with E-state index in [4.69, 9.17) is 11.6 Å². The normalized spacial score (nSPS) is 26.2. The number of halogens is 3. The van der Waals surface area contributed by atoms with Gasteiger partial charge in [-0.15, -0.1) is 0 Å². The van der Waals surface area contributed by atoms with Crippen molar-refractivity contribution in [3.05, 3.63) is 33.0 Å². The first-order valence-corrected chi connectivity index (χ1v) is 7.00. The summed E-state index contributed by atoms with van der Waals surface area (Å²) < 4.78 is 14.3. The summed E-state index contributed by atoms with van der Waals surface area (Å²) in [7, 11) is 0. The van der Waals surface area contributed by atoms with Crippen LogP contribution in [-0.2, 0) is 0 Å². The Hall–Kier alpha value is -0.120. The third-order valence-corrected chi connectivity index (χ3v) is 4.89. The van der Waals surface area contributed by atoms with Crippen LogP contribution in [0.2, 0.25) is 5.02 Å². The average molecular weight is 322 g/mol. The van der Waals surface area contributed by atoms with E-state index < -0.39 is 11.9 Å². The fourth-order valence-electron chi connectivity index (χ4n) is 2.64. The molecule has 1 aliphatic carbocycles. The monoisotopic (exact) mass is 320 g/mol. The van der Waals surface area contributed by atoms with E-state index in [0.717, 1.165) is 19.3 Å². The molecule has 2 rings (SSSR count). The smallest absolute Gasteiger partial charge is 0.130 e. The van der Waals surface area contributed by atoms with Gasteiger partial charge in [0.1, 0.15) is 5.82 Å². The Labute approximate surface area is 114 Å². The Kier molecular flexibility index (Phi) is 4.11. The first-order chi connectivity index (χ1) is 8.00. The predicted molar refractivity (Wildman–Crippen MR) is 70.6 cm³/mol.